The van der Waals surface area contributed by atoms with Crippen LogP contribution in [-0.2, 0) is 9.59 Å². The van der Waals surface area contributed by atoms with Crippen LogP contribution in [0.5, 0.6) is 0 Å². The van der Waals surface area contributed by atoms with Crippen molar-refractivity contribution in [1.82, 2.24) is 0 Å². The third-order valence-corrected chi connectivity index (χ3v) is 7.45. The normalized spacial score (nSPS) is 16.2. The maximum atomic E-state index is 12.2. The van der Waals surface area contributed by atoms with Gasteiger partial charge in [-0.3, -0.25) is 9.59 Å². The summed E-state index contributed by atoms with van der Waals surface area (Å²) in [4.78, 5) is 29.2. The molecule has 4 rings (SSSR count). The van der Waals surface area contributed by atoms with Crippen molar-refractivity contribution in [3.63, 3.8) is 0 Å². The van der Waals surface area contributed by atoms with Gasteiger partial charge in [0.2, 0.25) is 0 Å². The molecule has 0 atom stereocenters. The molecule has 0 spiro atoms. The van der Waals surface area contributed by atoms with Gasteiger partial charge in [0.05, 0.1) is 5.92 Å². The van der Waals surface area contributed by atoms with Gasteiger partial charge in [-0.25, -0.2) is 0 Å². The molecular weight excluding hydrogens is 356 g/mol. The van der Waals surface area contributed by atoms with E-state index < -0.39 is 5.92 Å². The van der Waals surface area contributed by atoms with Gasteiger partial charge >= 0.3 is 0 Å². The average Bonchev–Trinajstić information content (AvgIpc) is 3.30. The summed E-state index contributed by atoms with van der Waals surface area (Å²) in [6.07, 6.45) is 1.77. The quantitative estimate of drug-likeness (QED) is 0.570. The van der Waals surface area contributed by atoms with E-state index in [1.54, 1.807) is 34.0 Å². The molecular formula is C19H16O2S3. The van der Waals surface area contributed by atoms with Gasteiger partial charge < -0.3 is 0 Å². The van der Waals surface area contributed by atoms with Crippen LogP contribution >= 0.6 is 34.0 Å². The van der Waals surface area contributed by atoms with Crippen LogP contribution in [0.3, 0.4) is 0 Å². The van der Waals surface area contributed by atoms with Crippen molar-refractivity contribution >= 4 is 45.6 Å². The van der Waals surface area contributed by atoms with E-state index in [0.717, 1.165) is 4.88 Å². The lowest BCUT2D eigenvalue weighted by Crippen LogP contribution is -2.25. The Morgan fingerprint density at radius 3 is 2.00 bits per heavy atom. The minimum absolute atomic E-state index is 0.0865. The summed E-state index contributed by atoms with van der Waals surface area (Å²) in [7, 11) is 0. The SMILES string of the molecule is O=C1CCCC(=O)C1c1ccc(C(c2cccs2)c2cccs2)s1. The Kier molecular flexibility index (Phi) is 4.48. The molecule has 0 unspecified atom stereocenters. The topological polar surface area (TPSA) is 34.1 Å². The first kappa shape index (κ1) is 15.9. The maximum Gasteiger partial charge on any atom is 0.148 e. The molecule has 0 aliphatic heterocycles. The molecule has 5 heteroatoms. The number of carbonyl (C=O) groups is 2. The van der Waals surface area contributed by atoms with Crippen LogP contribution < -0.4 is 0 Å². The predicted molar refractivity (Wildman–Crippen MR) is 101 cm³/mol. The van der Waals surface area contributed by atoms with E-state index in [1.807, 2.05) is 6.07 Å². The standard InChI is InChI=1S/C19H16O2S3/c20-12-4-1-5-13(21)18(12)16-8-9-17(24-16)19(14-6-2-10-22-14)15-7-3-11-23-15/h2-3,6-11,18-19H,1,4-5H2. The number of Topliss-reactive ketones (excluding diaryl/α,β-unsaturated/α-hetero) is 2. The van der Waals surface area contributed by atoms with Gasteiger partial charge in [0, 0.05) is 32.4 Å². The predicted octanol–water partition coefficient (Wildman–Crippen LogP) is 5.46. The Morgan fingerprint density at radius 1 is 0.833 bits per heavy atom. The second kappa shape index (κ2) is 6.75. The summed E-state index contributed by atoms with van der Waals surface area (Å²) in [5.41, 5.74) is 0. The third-order valence-electron chi connectivity index (χ3n) is 4.36. The Bertz CT molecular complexity index is 793. The van der Waals surface area contributed by atoms with Crippen molar-refractivity contribution in [3.8, 4) is 0 Å². The van der Waals surface area contributed by atoms with Gasteiger partial charge in [0.1, 0.15) is 17.5 Å². The summed E-state index contributed by atoms with van der Waals surface area (Å²) >= 11 is 5.12. The second-order valence-corrected chi connectivity index (χ2v) is 9.03. The Hall–Kier alpha value is -1.56. The summed E-state index contributed by atoms with van der Waals surface area (Å²) in [6.45, 7) is 0. The minimum atomic E-state index is -0.523. The van der Waals surface area contributed by atoms with Gasteiger partial charge in [-0.15, -0.1) is 34.0 Å². The molecule has 1 fully saturated rings. The lowest BCUT2D eigenvalue weighted by Gasteiger charge is -2.18. The van der Waals surface area contributed by atoms with Crippen LogP contribution in [0.25, 0.3) is 0 Å². The van der Waals surface area contributed by atoms with Crippen LogP contribution in [0.2, 0.25) is 0 Å². The van der Waals surface area contributed by atoms with E-state index >= 15 is 0 Å². The zero-order chi connectivity index (χ0) is 16.5. The molecule has 122 valence electrons. The summed E-state index contributed by atoms with van der Waals surface area (Å²) < 4.78 is 0. The zero-order valence-electron chi connectivity index (χ0n) is 12.9. The van der Waals surface area contributed by atoms with Crippen LogP contribution in [0, 0.1) is 0 Å². The van der Waals surface area contributed by atoms with Crippen molar-refractivity contribution in [1.29, 1.82) is 0 Å². The molecule has 0 aromatic carbocycles. The third kappa shape index (κ3) is 2.92. The fourth-order valence-corrected chi connectivity index (χ4v) is 6.48. The highest BCUT2D eigenvalue weighted by Gasteiger charge is 2.33. The lowest BCUT2D eigenvalue weighted by atomic mass is 9.86. The summed E-state index contributed by atoms with van der Waals surface area (Å²) in [5, 5.41) is 4.19. The van der Waals surface area contributed by atoms with Gasteiger partial charge in [0.15, 0.2) is 0 Å². The van der Waals surface area contributed by atoms with E-state index in [2.05, 4.69) is 41.1 Å². The molecule has 0 amide bonds. The molecule has 0 radical (unpaired) electrons. The number of hydrogen-bond donors (Lipinski definition) is 0. The summed E-state index contributed by atoms with van der Waals surface area (Å²) in [5.74, 6) is -0.144. The van der Waals surface area contributed by atoms with Gasteiger partial charge in [-0.2, -0.15) is 0 Å². The Morgan fingerprint density at radius 2 is 1.46 bits per heavy atom. The molecule has 3 aromatic heterocycles. The monoisotopic (exact) mass is 372 g/mol. The van der Waals surface area contributed by atoms with Gasteiger partial charge in [-0.05, 0) is 41.4 Å². The van der Waals surface area contributed by atoms with Crippen molar-refractivity contribution in [2.24, 2.45) is 0 Å². The molecule has 1 aliphatic carbocycles. The smallest absolute Gasteiger partial charge is 0.148 e. The van der Waals surface area contributed by atoms with Gasteiger partial charge in [0.25, 0.3) is 0 Å². The first-order valence-electron chi connectivity index (χ1n) is 7.96. The molecule has 24 heavy (non-hydrogen) atoms. The zero-order valence-corrected chi connectivity index (χ0v) is 15.4. The molecule has 1 aliphatic rings. The molecule has 3 heterocycles. The Labute approximate surface area is 152 Å². The highest BCUT2D eigenvalue weighted by molar-refractivity contribution is 7.14. The number of rotatable bonds is 4. The van der Waals surface area contributed by atoms with Crippen LogP contribution in [0.15, 0.2) is 47.2 Å². The molecule has 2 nitrogen and oxygen atoms in total. The van der Waals surface area contributed by atoms with Gasteiger partial charge in [-0.1, -0.05) is 12.1 Å². The van der Waals surface area contributed by atoms with Crippen LogP contribution in [0.4, 0.5) is 0 Å². The summed E-state index contributed by atoms with van der Waals surface area (Å²) in [6, 6.07) is 12.5. The fourth-order valence-electron chi connectivity index (χ4n) is 3.23. The van der Waals surface area contributed by atoms with E-state index in [0.29, 0.717) is 19.3 Å². The fraction of sp³-hybridized carbons (Fsp3) is 0.263. The molecule has 0 bridgehead atoms. The number of carbonyl (C=O) groups excluding carboxylic acids is 2. The first-order valence-corrected chi connectivity index (χ1v) is 10.5. The molecule has 0 N–H and O–H groups in total. The number of ketones is 2. The molecule has 3 aromatic rings. The van der Waals surface area contributed by atoms with E-state index in [-0.39, 0.29) is 17.5 Å². The van der Waals surface area contributed by atoms with E-state index in [4.69, 9.17) is 0 Å². The Balaban J connectivity index is 1.72. The highest BCUT2D eigenvalue weighted by Crippen LogP contribution is 2.42. The molecule has 1 saturated carbocycles. The van der Waals surface area contributed by atoms with Crippen molar-refractivity contribution < 1.29 is 9.59 Å². The van der Waals surface area contributed by atoms with E-state index in [1.165, 1.54) is 14.6 Å². The van der Waals surface area contributed by atoms with Crippen molar-refractivity contribution in [2.45, 2.75) is 31.1 Å². The number of hydrogen-bond acceptors (Lipinski definition) is 5. The van der Waals surface area contributed by atoms with Crippen molar-refractivity contribution in [2.75, 3.05) is 0 Å². The maximum absolute atomic E-state index is 12.2. The average molecular weight is 373 g/mol. The van der Waals surface area contributed by atoms with Crippen LogP contribution in [0.1, 0.15) is 50.6 Å². The largest absolute Gasteiger partial charge is 0.298 e. The number of thiophene rings is 3. The van der Waals surface area contributed by atoms with Crippen molar-refractivity contribution in [3.05, 3.63) is 66.7 Å². The first-order chi connectivity index (χ1) is 11.7. The molecule has 0 saturated heterocycles. The lowest BCUT2D eigenvalue weighted by molar-refractivity contribution is -0.131. The minimum Gasteiger partial charge on any atom is -0.298 e. The van der Waals surface area contributed by atoms with E-state index in [9.17, 15) is 9.59 Å². The highest BCUT2D eigenvalue weighted by atomic mass is 32.1. The second-order valence-electron chi connectivity index (χ2n) is 5.92. The van der Waals surface area contributed by atoms with Crippen LogP contribution in [-0.4, -0.2) is 11.6 Å².